The fourth-order valence-electron chi connectivity index (χ4n) is 3.36. The molecule has 1 fully saturated rings. The van der Waals surface area contributed by atoms with Crippen molar-refractivity contribution in [3.63, 3.8) is 0 Å². The van der Waals surface area contributed by atoms with Crippen molar-refractivity contribution in [2.24, 2.45) is 5.73 Å². The summed E-state index contributed by atoms with van der Waals surface area (Å²) in [7, 11) is 0. The first-order valence-electron chi connectivity index (χ1n) is 8.57. The fraction of sp³-hybridized carbons (Fsp3) is 0.438. The Bertz CT molecular complexity index is 954. The number of fused-ring (bicyclic) bond motifs is 1. The first-order chi connectivity index (χ1) is 12.6. The molecule has 136 valence electrons. The smallest absolute Gasteiger partial charge is 0.257 e. The van der Waals surface area contributed by atoms with Gasteiger partial charge in [0.25, 0.3) is 5.91 Å². The summed E-state index contributed by atoms with van der Waals surface area (Å²) in [6.45, 7) is 3.82. The third-order valence-electron chi connectivity index (χ3n) is 4.75. The van der Waals surface area contributed by atoms with E-state index in [1.54, 1.807) is 12.4 Å². The lowest BCUT2D eigenvalue weighted by atomic mass is 10.1. The molecular weight excluding hydrogens is 336 g/mol. The van der Waals surface area contributed by atoms with Crippen LogP contribution in [0.2, 0.25) is 0 Å². The molecule has 3 aromatic heterocycles. The van der Waals surface area contributed by atoms with E-state index in [2.05, 4.69) is 20.3 Å². The van der Waals surface area contributed by atoms with E-state index in [-0.39, 0.29) is 17.8 Å². The second-order valence-corrected chi connectivity index (χ2v) is 6.36. The zero-order valence-electron chi connectivity index (χ0n) is 14.4. The molecule has 1 aliphatic rings. The molecule has 0 unspecified atom stereocenters. The van der Waals surface area contributed by atoms with Crippen molar-refractivity contribution in [2.45, 2.75) is 32.4 Å². The summed E-state index contributed by atoms with van der Waals surface area (Å²) < 4.78 is 6.58. The van der Waals surface area contributed by atoms with Gasteiger partial charge in [-0.05, 0) is 30.1 Å². The molecule has 1 saturated heterocycles. The quantitative estimate of drug-likeness (QED) is 0.696. The van der Waals surface area contributed by atoms with Gasteiger partial charge in [0.2, 0.25) is 0 Å². The molecule has 4 rings (SSSR count). The summed E-state index contributed by atoms with van der Waals surface area (Å²) in [5.41, 5.74) is 13.9. The molecule has 0 saturated carbocycles. The summed E-state index contributed by atoms with van der Waals surface area (Å²) in [6.07, 6.45) is 4.81. The first kappa shape index (κ1) is 16.5. The second kappa shape index (κ2) is 6.37. The van der Waals surface area contributed by atoms with Gasteiger partial charge in [0.1, 0.15) is 5.52 Å². The molecular formula is C16H20N8O2. The third-order valence-corrected chi connectivity index (χ3v) is 4.75. The minimum atomic E-state index is -0.0672. The number of pyridine rings is 1. The van der Waals surface area contributed by atoms with Crippen LogP contribution in [0, 0.1) is 0 Å². The van der Waals surface area contributed by atoms with Crippen LogP contribution in [0.15, 0.2) is 17.0 Å². The van der Waals surface area contributed by atoms with E-state index >= 15 is 0 Å². The van der Waals surface area contributed by atoms with Gasteiger partial charge in [0, 0.05) is 31.9 Å². The van der Waals surface area contributed by atoms with E-state index in [4.69, 9.17) is 16.1 Å². The van der Waals surface area contributed by atoms with E-state index in [1.165, 1.54) is 0 Å². The van der Waals surface area contributed by atoms with Crippen molar-refractivity contribution >= 4 is 22.8 Å². The van der Waals surface area contributed by atoms with Gasteiger partial charge in [-0.3, -0.25) is 9.78 Å². The van der Waals surface area contributed by atoms with Crippen molar-refractivity contribution in [1.29, 1.82) is 0 Å². The number of hydrogen-bond acceptors (Lipinski definition) is 8. The highest BCUT2D eigenvalue weighted by Crippen LogP contribution is 2.29. The Balaban J connectivity index is 1.82. The lowest BCUT2D eigenvalue weighted by Crippen LogP contribution is -2.43. The summed E-state index contributed by atoms with van der Waals surface area (Å²) in [5, 5.41) is 7.45. The fourth-order valence-corrected chi connectivity index (χ4v) is 3.36. The number of aromatic nitrogens is 5. The highest BCUT2D eigenvalue weighted by molar-refractivity contribution is 6.05. The predicted molar refractivity (Wildman–Crippen MR) is 94.0 cm³/mol. The largest absolute Gasteiger partial charge is 0.379 e. The van der Waals surface area contributed by atoms with E-state index < -0.39 is 0 Å². The molecule has 4 N–H and O–H groups in total. The number of piperidine rings is 1. The molecule has 0 radical (unpaired) electrons. The Morgan fingerprint density at radius 3 is 2.73 bits per heavy atom. The molecule has 0 aliphatic carbocycles. The van der Waals surface area contributed by atoms with Gasteiger partial charge in [-0.25, -0.2) is 9.61 Å². The molecule has 10 heteroatoms. The number of amides is 1. The van der Waals surface area contributed by atoms with Gasteiger partial charge >= 0.3 is 0 Å². The Kier molecular flexibility index (Phi) is 4.03. The molecule has 0 spiro atoms. The Hall–Kier alpha value is -3.01. The van der Waals surface area contributed by atoms with Crippen LogP contribution in [0.1, 0.15) is 30.1 Å². The maximum atomic E-state index is 13.1. The van der Waals surface area contributed by atoms with Crippen LogP contribution < -0.4 is 11.5 Å². The van der Waals surface area contributed by atoms with Crippen LogP contribution in [0.5, 0.6) is 0 Å². The number of likely N-dealkylation sites (tertiary alicyclic amines) is 1. The number of carbonyl (C=O) groups excluding carboxylic acids is 1. The maximum Gasteiger partial charge on any atom is 0.257 e. The summed E-state index contributed by atoms with van der Waals surface area (Å²) in [4.78, 5) is 23.7. The minimum absolute atomic E-state index is 0.0672. The topological polar surface area (TPSA) is 142 Å². The standard InChI is InChI=1S/C16H20N8O2/c1-2-24-13-10(16(25)23-5-3-9(17)4-6-23)7-19-8-11(13)20-15(24)12-14(18)22-26-21-12/h7-9H,2-6,17H2,1H3,(H2,18,22). The molecule has 1 amide bonds. The number of carbonyl (C=O) groups is 1. The number of imidazole rings is 1. The number of hydrogen-bond donors (Lipinski definition) is 2. The number of nitrogens with zero attached hydrogens (tertiary/aromatic N) is 6. The zero-order chi connectivity index (χ0) is 18.3. The summed E-state index contributed by atoms with van der Waals surface area (Å²) in [6, 6.07) is 0.156. The molecule has 0 aromatic carbocycles. The maximum absolute atomic E-state index is 13.1. The van der Waals surface area contributed by atoms with Crippen LogP contribution in [0.3, 0.4) is 0 Å². The average Bonchev–Trinajstić information content (AvgIpc) is 3.24. The highest BCUT2D eigenvalue weighted by atomic mass is 16.6. The number of rotatable bonds is 3. The van der Waals surface area contributed by atoms with Crippen LogP contribution in [-0.4, -0.2) is 54.8 Å². The molecule has 26 heavy (non-hydrogen) atoms. The molecule has 1 aliphatic heterocycles. The van der Waals surface area contributed by atoms with Crippen molar-refractivity contribution in [1.82, 2.24) is 29.7 Å². The normalized spacial score (nSPS) is 15.7. The van der Waals surface area contributed by atoms with Gasteiger partial charge < -0.3 is 20.9 Å². The Morgan fingerprint density at radius 1 is 1.31 bits per heavy atom. The van der Waals surface area contributed by atoms with Gasteiger partial charge in [0.15, 0.2) is 17.3 Å². The highest BCUT2D eigenvalue weighted by Gasteiger charge is 2.27. The zero-order valence-corrected chi connectivity index (χ0v) is 14.4. The van der Waals surface area contributed by atoms with Crippen LogP contribution >= 0.6 is 0 Å². The average molecular weight is 356 g/mol. The Morgan fingerprint density at radius 2 is 2.08 bits per heavy atom. The van der Waals surface area contributed by atoms with Crippen LogP contribution in [-0.2, 0) is 6.54 Å². The summed E-state index contributed by atoms with van der Waals surface area (Å²) >= 11 is 0. The van der Waals surface area contributed by atoms with E-state index in [9.17, 15) is 4.79 Å². The molecule has 0 atom stereocenters. The van der Waals surface area contributed by atoms with E-state index in [0.29, 0.717) is 47.7 Å². The summed E-state index contributed by atoms with van der Waals surface area (Å²) in [5.74, 6) is 0.590. The minimum Gasteiger partial charge on any atom is -0.379 e. The van der Waals surface area contributed by atoms with E-state index in [0.717, 1.165) is 12.8 Å². The van der Waals surface area contributed by atoms with E-state index in [1.807, 2.05) is 16.4 Å². The second-order valence-electron chi connectivity index (χ2n) is 6.36. The van der Waals surface area contributed by atoms with Crippen molar-refractivity contribution in [2.75, 3.05) is 18.8 Å². The van der Waals surface area contributed by atoms with Crippen molar-refractivity contribution in [3.05, 3.63) is 18.0 Å². The molecule has 4 heterocycles. The van der Waals surface area contributed by atoms with Crippen molar-refractivity contribution < 1.29 is 9.42 Å². The molecule has 10 nitrogen and oxygen atoms in total. The Labute approximate surface area is 149 Å². The van der Waals surface area contributed by atoms with Gasteiger partial charge in [-0.1, -0.05) is 0 Å². The lowest BCUT2D eigenvalue weighted by molar-refractivity contribution is 0.0716. The monoisotopic (exact) mass is 356 g/mol. The third kappa shape index (κ3) is 2.58. The predicted octanol–water partition coefficient (Wildman–Crippen LogP) is 0.647. The SMILES string of the molecule is CCn1c(-c2nonc2N)nc2cncc(C(=O)N3CCC(N)CC3)c21. The van der Waals surface area contributed by atoms with Crippen LogP contribution in [0.25, 0.3) is 22.6 Å². The van der Waals surface area contributed by atoms with Gasteiger partial charge in [-0.2, -0.15) is 0 Å². The van der Waals surface area contributed by atoms with Gasteiger partial charge in [0.05, 0.1) is 17.3 Å². The number of nitrogen functional groups attached to an aromatic ring is 1. The number of aryl methyl sites for hydroxylation is 1. The molecule has 3 aromatic rings. The first-order valence-corrected chi connectivity index (χ1v) is 8.57. The number of anilines is 1. The van der Waals surface area contributed by atoms with Gasteiger partial charge in [-0.15, -0.1) is 0 Å². The van der Waals surface area contributed by atoms with Crippen molar-refractivity contribution in [3.8, 4) is 11.5 Å². The number of nitrogens with two attached hydrogens (primary N) is 2. The molecule has 0 bridgehead atoms. The van der Waals surface area contributed by atoms with Crippen LogP contribution in [0.4, 0.5) is 5.82 Å². The lowest BCUT2D eigenvalue weighted by Gasteiger charge is -2.30.